The molecular formula is C14H21N3O2. The Morgan fingerprint density at radius 3 is 2.89 bits per heavy atom. The van der Waals surface area contributed by atoms with E-state index in [0.717, 1.165) is 25.9 Å². The average Bonchev–Trinajstić information content (AvgIpc) is 3.15. The summed E-state index contributed by atoms with van der Waals surface area (Å²) in [5.74, 6) is 0. The maximum atomic E-state index is 11.8. The van der Waals surface area contributed by atoms with Gasteiger partial charge in [0, 0.05) is 31.6 Å². The van der Waals surface area contributed by atoms with Gasteiger partial charge in [-0.25, -0.2) is 4.79 Å². The minimum atomic E-state index is -0.186. The molecule has 0 heterocycles. The number of urea groups is 1. The van der Waals surface area contributed by atoms with Crippen LogP contribution in [0.2, 0.25) is 0 Å². The van der Waals surface area contributed by atoms with Gasteiger partial charge in [0.05, 0.1) is 0 Å². The lowest BCUT2D eigenvalue weighted by molar-refractivity contribution is 0.171. The second kappa shape index (κ2) is 5.93. The van der Waals surface area contributed by atoms with Crippen LogP contribution in [-0.4, -0.2) is 26.3 Å². The van der Waals surface area contributed by atoms with Gasteiger partial charge in [-0.2, -0.15) is 0 Å². The number of carbonyl (C=O) groups excluding carboxylic acids is 1. The molecule has 104 valence electrons. The number of methoxy groups -OCH3 is 1. The van der Waals surface area contributed by atoms with Crippen LogP contribution < -0.4 is 16.4 Å². The van der Waals surface area contributed by atoms with Gasteiger partial charge in [0.2, 0.25) is 0 Å². The topological polar surface area (TPSA) is 76.4 Å². The second-order valence-electron chi connectivity index (χ2n) is 5.18. The Labute approximate surface area is 113 Å². The third kappa shape index (κ3) is 4.13. The van der Waals surface area contributed by atoms with Crippen LogP contribution in [0.4, 0.5) is 16.2 Å². The fourth-order valence-corrected chi connectivity index (χ4v) is 2.07. The molecule has 1 aromatic carbocycles. The Morgan fingerprint density at radius 2 is 2.26 bits per heavy atom. The van der Waals surface area contributed by atoms with Crippen LogP contribution in [0, 0.1) is 5.41 Å². The summed E-state index contributed by atoms with van der Waals surface area (Å²) in [7, 11) is 1.70. The highest BCUT2D eigenvalue weighted by Crippen LogP contribution is 2.48. The van der Waals surface area contributed by atoms with Crippen molar-refractivity contribution >= 4 is 17.4 Å². The van der Waals surface area contributed by atoms with Crippen molar-refractivity contribution in [2.24, 2.45) is 5.41 Å². The number of benzene rings is 1. The number of amides is 2. The zero-order valence-corrected chi connectivity index (χ0v) is 11.2. The first-order chi connectivity index (χ1) is 9.13. The van der Waals surface area contributed by atoms with Crippen LogP contribution in [0.5, 0.6) is 0 Å². The summed E-state index contributed by atoms with van der Waals surface area (Å²) in [6.45, 7) is 1.45. The van der Waals surface area contributed by atoms with E-state index in [9.17, 15) is 4.79 Å². The minimum absolute atomic E-state index is 0.186. The van der Waals surface area contributed by atoms with E-state index in [1.165, 1.54) is 0 Å². The Morgan fingerprint density at radius 1 is 1.47 bits per heavy atom. The van der Waals surface area contributed by atoms with Crippen molar-refractivity contribution in [3.63, 3.8) is 0 Å². The molecule has 0 spiro atoms. The number of nitrogen functional groups attached to an aromatic ring is 1. The third-order valence-corrected chi connectivity index (χ3v) is 3.56. The lowest BCUT2D eigenvalue weighted by atomic mass is 10.0. The Kier molecular flexibility index (Phi) is 4.27. The highest BCUT2D eigenvalue weighted by molar-refractivity contribution is 5.89. The molecule has 5 heteroatoms. The number of hydrogen-bond donors (Lipinski definition) is 3. The van der Waals surface area contributed by atoms with Crippen LogP contribution in [0.15, 0.2) is 24.3 Å². The molecule has 5 nitrogen and oxygen atoms in total. The normalized spacial score (nSPS) is 15.8. The Bertz CT molecular complexity index is 444. The molecule has 1 aliphatic rings. The average molecular weight is 263 g/mol. The molecule has 0 bridgehead atoms. The van der Waals surface area contributed by atoms with E-state index in [0.29, 0.717) is 17.9 Å². The smallest absolute Gasteiger partial charge is 0.319 e. The van der Waals surface area contributed by atoms with Gasteiger partial charge in [-0.15, -0.1) is 0 Å². The summed E-state index contributed by atoms with van der Waals surface area (Å²) in [6, 6.07) is 6.96. The molecule has 0 radical (unpaired) electrons. The predicted octanol–water partition coefficient (Wildman–Crippen LogP) is 2.21. The van der Waals surface area contributed by atoms with Gasteiger partial charge in [-0.05, 0) is 42.9 Å². The van der Waals surface area contributed by atoms with Crippen molar-refractivity contribution < 1.29 is 9.53 Å². The van der Waals surface area contributed by atoms with E-state index < -0.39 is 0 Å². The van der Waals surface area contributed by atoms with E-state index in [1.807, 2.05) is 12.1 Å². The fraction of sp³-hybridized carbons (Fsp3) is 0.500. The molecular weight excluding hydrogens is 242 g/mol. The molecule has 2 rings (SSSR count). The first kappa shape index (κ1) is 13.7. The summed E-state index contributed by atoms with van der Waals surface area (Å²) in [6.07, 6.45) is 3.33. The second-order valence-corrected chi connectivity index (χ2v) is 5.18. The lowest BCUT2D eigenvalue weighted by Crippen LogP contribution is -2.34. The molecule has 0 atom stereocenters. The van der Waals surface area contributed by atoms with Gasteiger partial charge in [-0.3, -0.25) is 0 Å². The van der Waals surface area contributed by atoms with E-state index in [1.54, 1.807) is 19.2 Å². The molecule has 1 aromatic rings. The van der Waals surface area contributed by atoms with Crippen LogP contribution in [0.1, 0.15) is 19.3 Å². The number of nitrogens with two attached hydrogens (primary N) is 1. The van der Waals surface area contributed by atoms with E-state index in [-0.39, 0.29) is 11.4 Å². The van der Waals surface area contributed by atoms with Crippen LogP contribution in [0.3, 0.4) is 0 Å². The van der Waals surface area contributed by atoms with Crippen LogP contribution in [-0.2, 0) is 4.74 Å². The van der Waals surface area contributed by atoms with Gasteiger partial charge >= 0.3 is 6.03 Å². The van der Waals surface area contributed by atoms with Crippen molar-refractivity contribution in [1.82, 2.24) is 5.32 Å². The van der Waals surface area contributed by atoms with E-state index in [4.69, 9.17) is 10.5 Å². The number of rotatable bonds is 6. The van der Waals surface area contributed by atoms with E-state index >= 15 is 0 Å². The standard InChI is InChI=1S/C14H21N3O2/c1-19-8-7-14(5-6-14)10-16-13(18)17-12-4-2-3-11(15)9-12/h2-4,9H,5-8,10,15H2,1H3,(H2,16,17,18). The van der Waals surface area contributed by atoms with Crippen molar-refractivity contribution in [2.75, 3.05) is 31.3 Å². The zero-order valence-electron chi connectivity index (χ0n) is 11.2. The molecule has 4 N–H and O–H groups in total. The molecule has 1 saturated carbocycles. The molecule has 1 fully saturated rings. The molecule has 0 aliphatic heterocycles. The van der Waals surface area contributed by atoms with Gasteiger partial charge in [0.1, 0.15) is 0 Å². The first-order valence-corrected chi connectivity index (χ1v) is 6.53. The number of hydrogen-bond acceptors (Lipinski definition) is 3. The molecule has 0 aromatic heterocycles. The van der Waals surface area contributed by atoms with Crippen LogP contribution >= 0.6 is 0 Å². The maximum absolute atomic E-state index is 11.8. The third-order valence-electron chi connectivity index (χ3n) is 3.56. The van der Waals surface area contributed by atoms with Crippen LogP contribution in [0.25, 0.3) is 0 Å². The summed E-state index contributed by atoms with van der Waals surface area (Å²) in [5, 5.41) is 5.69. The van der Waals surface area contributed by atoms with Crippen molar-refractivity contribution in [1.29, 1.82) is 0 Å². The monoisotopic (exact) mass is 263 g/mol. The zero-order chi connectivity index (χ0) is 13.7. The van der Waals surface area contributed by atoms with Crippen molar-refractivity contribution in [2.45, 2.75) is 19.3 Å². The molecule has 0 unspecified atom stereocenters. The quantitative estimate of drug-likeness (QED) is 0.689. The maximum Gasteiger partial charge on any atom is 0.319 e. The first-order valence-electron chi connectivity index (χ1n) is 6.53. The summed E-state index contributed by atoms with van der Waals surface area (Å²) in [4.78, 5) is 11.8. The highest BCUT2D eigenvalue weighted by Gasteiger charge is 2.42. The van der Waals surface area contributed by atoms with Gasteiger partial charge in [0.25, 0.3) is 0 Å². The molecule has 19 heavy (non-hydrogen) atoms. The van der Waals surface area contributed by atoms with Gasteiger partial charge < -0.3 is 21.1 Å². The van der Waals surface area contributed by atoms with Gasteiger partial charge in [0.15, 0.2) is 0 Å². The largest absolute Gasteiger partial charge is 0.399 e. The summed E-state index contributed by atoms with van der Waals surface area (Å²) >= 11 is 0. The number of nitrogens with one attached hydrogen (secondary N) is 2. The Balaban J connectivity index is 1.76. The summed E-state index contributed by atoms with van der Waals surface area (Å²) < 4.78 is 5.09. The minimum Gasteiger partial charge on any atom is -0.399 e. The SMILES string of the molecule is COCCC1(CNC(=O)Nc2cccc(N)c2)CC1. The summed E-state index contributed by atoms with van der Waals surface area (Å²) in [5.41, 5.74) is 7.25. The molecule has 2 amide bonds. The van der Waals surface area contributed by atoms with Crippen molar-refractivity contribution in [3.8, 4) is 0 Å². The number of ether oxygens (including phenoxy) is 1. The molecule has 0 saturated heterocycles. The van der Waals surface area contributed by atoms with E-state index in [2.05, 4.69) is 10.6 Å². The molecule has 1 aliphatic carbocycles. The Hall–Kier alpha value is -1.75. The lowest BCUT2D eigenvalue weighted by Gasteiger charge is -2.16. The number of anilines is 2. The van der Waals surface area contributed by atoms with Gasteiger partial charge in [-0.1, -0.05) is 6.07 Å². The predicted molar refractivity (Wildman–Crippen MR) is 76.0 cm³/mol. The number of carbonyl (C=O) groups is 1. The highest BCUT2D eigenvalue weighted by atomic mass is 16.5. The van der Waals surface area contributed by atoms with Crippen molar-refractivity contribution in [3.05, 3.63) is 24.3 Å². The fourth-order valence-electron chi connectivity index (χ4n) is 2.07.